The standard InChI is InChI=1S/C15H12N6O/c16-15(22)11-4-5-13(20-9-11)21(12-3-1-2-6-18-12)14-10-17-7-8-19-14/h1-10H,(H2,16,22). The third kappa shape index (κ3) is 2.73. The first-order valence-corrected chi connectivity index (χ1v) is 6.49. The average Bonchev–Trinajstić information content (AvgIpc) is 2.57. The molecule has 3 heterocycles. The van der Waals surface area contributed by atoms with Gasteiger partial charge in [-0.05, 0) is 24.3 Å². The average molecular weight is 292 g/mol. The highest BCUT2D eigenvalue weighted by Crippen LogP contribution is 2.28. The fraction of sp³-hybridized carbons (Fsp3) is 0. The van der Waals surface area contributed by atoms with E-state index in [1.165, 1.54) is 6.20 Å². The van der Waals surface area contributed by atoms with Gasteiger partial charge < -0.3 is 5.73 Å². The zero-order valence-electron chi connectivity index (χ0n) is 11.5. The topological polar surface area (TPSA) is 97.9 Å². The second kappa shape index (κ2) is 5.96. The lowest BCUT2D eigenvalue weighted by atomic mass is 10.2. The van der Waals surface area contributed by atoms with Gasteiger partial charge >= 0.3 is 0 Å². The minimum absolute atomic E-state index is 0.337. The molecule has 0 unspecified atom stereocenters. The van der Waals surface area contributed by atoms with Gasteiger partial charge in [-0.3, -0.25) is 14.7 Å². The van der Waals surface area contributed by atoms with Crippen LogP contribution in [0.15, 0.2) is 61.3 Å². The predicted molar refractivity (Wildman–Crippen MR) is 80.8 cm³/mol. The Morgan fingerprint density at radius 2 is 1.68 bits per heavy atom. The molecule has 0 saturated carbocycles. The van der Waals surface area contributed by atoms with E-state index in [0.29, 0.717) is 23.0 Å². The zero-order valence-corrected chi connectivity index (χ0v) is 11.5. The van der Waals surface area contributed by atoms with Gasteiger partial charge in [0.2, 0.25) is 5.91 Å². The number of amides is 1. The van der Waals surface area contributed by atoms with Gasteiger partial charge in [0.15, 0.2) is 5.82 Å². The molecule has 0 spiro atoms. The van der Waals surface area contributed by atoms with Gasteiger partial charge in [-0.2, -0.15) is 0 Å². The third-order valence-electron chi connectivity index (χ3n) is 2.92. The number of nitrogens with zero attached hydrogens (tertiary/aromatic N) is 5. The lowest BCUT2D eigenvalue weighted by Gasteiger charge is -2.21. The van der Waals surface area contributed by atoms with E-state index in [4.69, 9.17) is 5.73 Å². The van der Waals surface area contributed by atoms with E-state index in [0.717, 1.165) is 0 Å². The Hall–Kier alpha value is -3.35. The molecule has 7 nitrogen and oxygen atoms in total. The first kappa shape index (κ1) is 13.6. The molecule has 0 aliphatic carbocycles. The normalized spacial score (nSPS) is 10.2. The molecular formula is C15H12N6O. The Morgan fingerprint density at radius 3 is 2.27 bits per heavy atom. The molecule has 1 amide bonds. The van der Waals surface area contributed by atoms with Crippen molar-refractivity contribution in [3.8, 4) is 0 Å². The molecule has 2 N–H and O–H groups in total. The van der Waals surface area contributed by atoms with Crippen LogP contribution in [0.25, 0.3) is 0 Å². The molecule has 0 fully saturated rings. The Labute approximate surface area is 126 Å². The molecule has 0 saturated heterocycles. The number of carbonyl (C=O) groups excluding carboxylic acids is 1. The number of hydrogen-bond donors (Lipinski definition) is 1. The predicted octanol–water partition coefficient (Wildman–Crippen LogP) is 1.84. The van der Waals surface area contributed by atoms with Crippen LogP contribution in [0.1, 0.15) is 10.4 Å². The molecule has 0 atom stereocenters. The molecule has 22 heavy (non-hydrogen) atoms. The maximum Gasteiger partial charge on any atom is 0.250 e. The van der Waals surface area contributed by atoms with E-state index in [9.17, 15) is 4.79 Å². The highest BCUT2D eigenvalue weighted by molar-refractivity contribution is 5.92. The number of carbonyl (C=O) groups is 1. The number of nitrogens with two attached hydrogens (primary N) is 1. The van der Waals surface area contributed by atoms with Crippen molar-refractivity contribution in [1.29, 1.82) is 0 Å². The molecule has 7 heteroatoms. The van der Waals surface area contributed by atoms with Crippen LogP contribution < -0.4 is 10.6 Å². The zero-order chi connectivity index (χ0) is 15.4. The number of anilines is 3. The van der Waals surface area contributed by atoms with Crippen molar-refractivity contribution >= 4 is 23.4 Å². The Kier molecular flexibility index (Phi) is 3.69. The van der Waals surface area contributed by atoms with E-state index in [1.807, 2.05) is 18.2 Å². The number of primary amides is 1. The molecule has 108 valence electrons. The van der Waals surface area contributed by atoms with Crippen LogP contribution in [0.3, 0.4) is 0 Å². The molecule has 0 bridgehead atoms. The highest BCUT2D eigenvalue weighted by Gasteiger charge is 2.16. The summed E-state index contributed by atoms with van der Waals surface area (Å²) in [5.41, 5.74) is 5.57. The molecule has 0 aliphatic rings. The van der Waals surface area contributed by atoms with Crippen molar-refractivity contribution in [2.75, 3.05) is 4.90 Å². The SMILES string of the molecule is NC(=O)c1ccc(N(c2ccccn2)c2cnccn2)nc1. The fourth-order valence-corrected chi connectivity index (χ4v) is 1.91. The van der Waals surface area contributed by atoms with Crippen LogP contribution in [0.5, 0.6) is 0 Å². The minimum Gasteiger partial charge on any atom is -0.366 e. The van der Waals surface area contributed by atoms with Gasteiger partial charge in [0.05, 0.1) is 11.8 Å². The van der Waals surface area contributed by atoms with Gasteiger partial charge in [0, 0.05) is 24.8 Å². The van der Waals surface area contributed by atoms with Crippen LogP contribution in [0.4, 0.5) is 17.5 Å². The lowest BCUT2D eigenvalue weighted by molar-refractivity contribution is 0.1000. The summed E-state index contributed by atoms with van der Waals surface area (Å²) in [6, 6.07) is 8.81. The van der Waals surface area contributed by atoms with Crippen molar-refractivity contribution < 1.29 is 4.79 Å². The Bertz CT molecular complexity index is 722. The summed E-state index contributed by atoms with van der Waals surface area (Å²) in [4.78, 5) is 29.8. The number of rotatable bonds is 4. The van der Waals surface area contributed by atoms with Crippen molar-refractivity contribution in [3.63, 3.8) is 0 Å². The van der Waals surface area contributed by atoms with E-state index in [1.54, 1.807) is 41.8 Å². The first-order valence-electron chi connectivity index (χ1n) is 6.49. The summed E-state index contributed by atoms with van der Waals surface area (Å²) < 4.78 is 0. The van der Waals surface area contributed by atoms with Gasteiger partial charge in [0.1, 0.15) is 11.6 Å². The lowest BCUT2D eigenvalue weighted by Crippen LogP contribution is -2.16. The van der Waals surface area contributed by atoms with Crippen LogP contribution >= 0.6 is 0 Å². The molecule has 0 radical (unpaired) electrons. The van der Waals surface area contributed by atoms with Crippen molar-refractivity contribution in [2.45, 2.75) is 0 Å². The van der Waals surface area contributed by atoms with Gasteiger partial charge in [-0.25, -0.2) is 15.0 Å². The van der Waals surface area contributed by atoms with E-state index in [2.05, 4.69) is 19.9 Å². The van der Waals surface area contributed by atoms with Crippen LogP contribution in [-0.2, 0) is 0 Å². The quantitative estimate of drug-likeness (QED) is 0.787. The molecule has 3 rings (SSSR count). The summed E-state index contributed by atoms with van der Waals surface area (Å²) >= 11 is 0. The number of pyridine rings is 2. The minimum atomic E-state index is -0.525. The fourth-order valence-electron chi connectivity index (χ4n) is 1.91. The van der Waals surface area contributed by atoms with E-state index < -0.39 is 5.91 Å². The van der Waals surface area contributed by atoms with Crippen LogP contribution in [0, 0.1) is 0 Å². The monoisotopic (exact) mass is 292 g/mol. The van der Waals surface area contributed by atoms with E-state index in [-0.39, 0.29) is 0 Å². The number of aromatic nitrogens is 4. The maximum absolute atomic E-state index is 11.2. The van der Waals surface area contributed by atoms with E-state index >= 15 is 0 Å². The summed E-state index contributed by atoms with van der Waals surface area (Å²) in [7, 11) is 0. The molecule has 3 aromatic rings. The Morgan fingerprint density at radius 1 is 0.864 bits per heavy atom. The largest absolute Gasteiger partial charge is 0.366 e. The second-order valence-corrected chi connectivity index (χ2v) is 4.36. The summed E-state index contributed by atoms with van der Waals surface area (Å²) in [6.45, 7) is 0. The van der Waals surface area contributed by atoms with Crippen LogP contribution in [-0.4, -0.2) is 25.8 Å². The maximum atomic E-state index is 11.2. The van der Waals surface area contributed by atoms with Crippen molar-refractivity contribution in [3.05, 3.63) is 66.9 Å². The summed E-state index contributed by atoms with van der Waals surface area (Å²) in [5, 5.41) is 0. The van der Waals surface area contributed by atoms with Gasteiger partial charge in [0.25, 0.3) is 0 Å². The number of hydrogen-bond acceptors (Lipinski definition) is 6. The highest BCUT2D eigenvalue weighted by atomic mass is 16.1. The summed E-state index contributed by atoms with van der Waals surface area (Å²) in [5.74, 6) is 1.25. The van der Waals surface area contributed by atoms with Crippen molar-refractivity contribution in [2.24, 2.45) is 5.73 Å². The van der Waals surface area contributed by atoms with Gasteiger partial charge in [-0.15, -0.1) is 0 Å². The smallest absolute Gasteiger partial charge is 0.250 e. The summed E-state index contributed by atoms with van der Waals surface area (Å²) in [6.07, 6.45) is 7.88. The Balaban J connectivity index is 2.08. The third-order valence-corrected chi connectivity index (χ3v) is 2.92. The van der Waals surface area contributed by atoms with Gasteiger partial charge in [-0.1, -0.05) is 6.07 Å². The van der Waals surface area contributed by atoms with Crippen LogP contribution in [0.2, 0.25) is 0 Å². The first-order chi connectivity index (χ1) is 10.8. The molecule has 3 aromatic heterocycles. The molecule has 0 aliphatic heterocycles. The van der Waals surface area contributed by atoms with Crippen molar-refractivity contribution in [1.82, 2.24) is 19.9 Å². The molecular weight excluding hydrogens is 280 g/mol. The molecule has 0 aromatic carbocycles. The second-order valence-electron chi connectivity index (χ2n) is 4.36.